The van der Waals surface area contributed by atoms with Gasteiger partial charge in [0.2, 0.25) is 0 Å². The van der Waals surface area contributed by atoms with E-state index in [-0.39, 0.29) is 23.6 Å². The van der Waals surface area contributed by atoms with Crippen molar-refractivity contribution in [2.24, 2.45) is 11.3 Å². The molecule has 0 radical (unpaired) electrons. The molecule has 2 saturated carbocycles. The van der Waals surface area contributed by atoms with Crippen LogP contribution in [-0.4, -0.2) is 23.3 Å². The molecule has 3 nitrogen and oxygen atoms in total. The average molecular weight is 226 g/mol. The zero-order chi connectivity index (χ0) is 11.8. The molecule has 2 aliphatic carbocycles. The quantitative estimate of drug-likeness (QED) is 0.698. The van der Waals surface area contributed by atoms with Gasteiger partial charge in [-0.15, -0.1) is 0 Å². The second-order valence-corrected chi connectivity index (χ2v) is 5.60. The van der Waals surface area contributed by atoms with Crippen molar-refractivity contribution in [2.75, 3.05) is 0 Å². The van der Waals surface area contributed by atoms with Crippen LogP contribution in [0.15, 0.2) is 0 Å². The molecule has 16 heavy (non-hydrogen) atoms. The zero-order valence-electron chi connectivity index (χ0n) is 10.2. The summed E-state index contributed by atoms with van der Waals surface area (Å²) in [7, 11) is 0. The van der Waals surface area contributed by atoms with Crippen molar-refractivity contribution >= 4 is 5.97 Å². The zero-order valence-corrected chi connectivity index (χ0v) is 10.2. The second-order valence-electron chi connectivity index (χ2n) is 5.60. The predicted molar refractivity (Wildman–Crippen MR) is 60.9 cm³/mol. The highest BCUT2D eigenvalue weighted by Gasteiger charge is 2.49. The molecule has 3 heteroatoms. The number of hydrogen-bond donors (Lipinski definition) is 1. The summed E-state index contributed by atoms with van der Waals surface area (Å²) in [5.41, 5.74) is -0.0311. The van der Waals surface area contributed by atoms with Gasteiger partial charge in [-0.2, -0.15) is 0 Å². The van der Waals surface area contributed by atoms with Gasteiger partial charge in [-0.1, -0.05) is 13.3 Å². The molecular weight excluding hydrogens is 204 g/mol. The molecule has 0 aliphatic heterocycles. The van der Waals surface area contributed by atoms with E-state index >= 15 is 0 Å². The minimum absolute atomic E-state index is 0.0311. The van der Waals surface area contributed by atoms with Crippen LogP contribution in [0.2, 0.25) is 0 Å². The number of ether oxygens (including phenoxy) is 1. The lowest BCUT2D eigenvalue weighted by atomic mass is 9.58. The van der Waals surface area contributed by atoms with E-state index in [0.29, 0.717) is 5.92 Å². The topological polar surface area (TPSA) is 46.5 Å². The van der Waals surface area contributed by atoms with Crippen LogP contribution in [0.3, 0.4) is 0 Å². The number of rotatable bonds is 1. The van der Waals surface area contributed by atoms with E-state index in [2.05, 4.69) is 6.92 Å². The summed E-state index contributed by atoms with van der Waals surface area (Å²) in [4.78, 5) is 11.1. The van der Waals surface area contributed by atoms with Crippen molar-refractivity contribution in [3.63, 3.8) is 0 Å². The van der Waals surface area contributed by atoms with Crippen molar-refractivity contribution < 1.29 is 14.6 Å². The number of carbonyl (C=O) groups excluding carboxylic acids is 1. The van der Waals surface area contributed by atoms with Crippen LogP contribution >= 0.6 is 0 Å². The van der Waals surface area contributed by atoms with Gasteiger partial charge in [0.15, 0.2) is 0 Å². The molecule has 92 valence electrons. The maximum atomic E-state index is 11.1. The van der Waals surface area contributed by atoms with Crippen molar-refractivity contribution in [3.8, 4) is 0 Å². The maximum Gasteiger partial charge on any atom is 0.302 e. The first-order valence-corrected chi connectivity index (χ1v) is 6.39. The molecule has 0 aromatic rings. The summed E-state index contributed by atoms with van der Waals surface area (Å²) in [5.74, 6) is 0.170. The van der Waals surface area contributed by atoms with Gasteiger partial charge in [-0.05, 0) is 37.5 Å². The third-order valence-corrected chi connectivity index (χ3v) is 4.57. The molecule has 0 aromatic heterocycles. The summed E-state index contributed by atoms with van der Waals surface area (Å²) in [6.45, 7) is 3.64. The fourth-order valence-electron chi connectivity index (χ4n) is 3.64. The molecule has 0 amide bonds. The summed E-state index contributed by atoms with van der Waals surface area (Å²) < 4.78 is 5.42. The lowest BCUT2D eigenvalue weighted by Crippen LogP contribution is -2.51. The minimum atomic E-state index is -0.218. The molecule has 1 N–H and O–H groups in total. The standard InChI is InChI=1S/C13H22O3/c1-9(14)16-11-6-4-8-13(2)10(11)5-3-7-12(13)15/h10-12,15H,3-8H2,1-2H3/t10-,11-,12-,13-/m0/s1. The monoisotopic (exact) mass is 226 g/mol. The Balaban J connectivity index is 2.15. The smallest absolute Gasteiger partial charge is 0.302 e. The van der Waals surface area contributed by atoms with Gasteiger partial charge in [0.1, 0.15) is 6.10 Å². The van der Waals surface area contributed by atoms with Gasteiger partial charge < -0.3 is 9.84 Å². The third kappa shape index (κ3) is 1.97. The molecule has 2 fully saturated rings. The van der Waals surface area contributed by atoms with Gasteiger partial charge in [0, 0.05) is 12.8 Å². The van der Waals surface area contributed by atoms with E-state index in [0.717, 1.165) is 38.5 Å². The first-order chi connectivity index (χ1) is 7.54. The molecule has 0 unspecified atom stereocenters. The van der Waals surface area contributed by atoms with Crippen LogP contribution < -0.4 is 0 Å². The van der Waals surface area contributed by atoms with Crippen LogP contribution in [0.5, 0.6) is 0 Å². The Bertz CT molecular complexity index is 276. The SMILES string of the molecule is CC(=O)O[C@H]1CCC[C@]2(C)[C@@H](O)CCC[C@@H]12. The molecule has 2 aliphatic rings. The highest BCUT2D eigenvalue weighted by atomic mass is 16.5. The van der Waals surface area contributed by atoms with Gasteiger partial charge >= 0.3 is 5.97 Å². The molecule has 4 atom stereocenters. The Morgan fingerprint density at radius 1 is 1.31 bits per heavy atom. The van der Waals surface area contributed by atoms with Gasteiger partial charge in [0.25, 0.3) is 0 Å². The summed E-state index contributed by atoms with van der Waals surface area (Å²) in [5, 5.41) is 10.2. The van der Waals surface area contributed by atoms with Gasteiger partial charge in [0.05, 0.1) is 6.10 Å². The maximum absolute atomic E-state index is 11.1. The lowest BCUT2D eigenvalue weighted by molar-refractivity contribution is -0.166. The Morgan fingerprint density at radius 2 is 2.06 bits per heavy atom. The van der Waals surface area contributed by atoms with Crippen molar-refractivity contribution in [3.05, 3.63) is 0 Å². The predicted octanol–water partition coefficient (Wildman–Crippen LogP) is 2.27. The second kappa shape index (κ2) is 4.36. The van der Waals surface area contributed by atoms with E-state index in [1.165, 1.54) is 6.92 Å². The van der Waals surface area contributed by atoms with E-state index in [1.54, 1.807) is 0 Å². The van der Waals surface area contributed by atoms with Crippen LogP contribution in [-0.2, 0) is 9.53 Å². The molecule has 0 bridgehead atoms. The lowest BCUT2D eigenvalue weighted by Gasteiger charge is -2.51. The van der Waals surface area contributed by atoms with Crippen LogP contribution in [0, 0.1) is 11.3 Å². The van der Waals surface area contributed by atoms with E-state index in [1.807, 2.05) is 0 Å². The van der Waals surface area contributed by atoms with Crippen molar-refractivity contribution in [2.45, 2.75) is 64.6 Å². The van der Waals surface area contributed by atoms with E-state index in [9.17, 15) is 9.90 Å². The number of aliphatic hydroxyl groups excluding tert-OH is 1. The molecule has 2 rings (SSSR count). The molecular formula is C13H22O3. The van der Waals surface area contributed by atoms with E-state index < -0.39 is 0 Å². The largest absolute Gasteiger partial charge is 0.462 e. The third-order valence-electron chi connectivity index (χ3n) is 4.57. The summed E-state index contributed by atoms with van der Waals surface area (Å²) >= 11 is 0. The Labute approximate surface area is 97.2 Å². The van der Waals surface area contributed by atoms with Crippen LogP contribution in [0.4, 0.5) is 0 Å². The minimum Gasteiger partial charge on any atom is -0.462 e. The number of carbonyl (C=O) groups is 1. The Morgan fingerprint density at radius 3 is 2.75 bits per heavy atom. The fourth-order valence-corrected chi connectivity index (χ4v) is 3.64. The number of aliphatic hydroxyl groups is 1. The van der Waals surface area contributed by atoms with Gasteiger partial charge in [-0.3, -0.25) is 4.79 Å². The Hall–Kier alpha value is -0.570. The molecule has 0 saturated heterocycles. The van der Waals surface area contributed by atoms with Crippen LogP contribution in [0.25, 0.3) is 0 Å². The number of esters is 1. The summed E-state index contributed by atoms with van der Waals surface area (Å²) in [6.07, 6.45) is 5.95. The first kappa shape index (κ1) is 11.9. The Kier molecular flexibility index (Phi) is 3.24. The van der Waals surface area contributed by atoms with Gasteiger partial charge in [-0.25, -0.2) is 0 Å². The van der Waals surface area contributed by atoms with Crippen LogP contribution in [0.1, 0.15) is 52.4 Å². The highest BCUT2D eigenvalue weighted by Crippen LogP contribution is 2.51. The molecule has 0 heterocycles. The summed E-state index contributed by atoms with van der Waals surface area (Å²) in [6, 6.07) is 0. The van der Waals surface area contributed by atoms with E-state index in [4.69, 9.17) is 4.74 Å². The van der Waals surface area contributed by atoms with Crippen molar-refractivity contribution in [1.29, 1.82) is 0 Å². The number of hydrogen-bond acceptors (Lipinski definition) is 3. The molecule has 0 spiro atoms. The molecule has 0 aromatic carbocycles. The fraction of sp³-hybridized carbons (Fsp3) is 0.923. The first-order valence-electron chi connectivity index (χ1n) is 6.39. The highest BCUT2D eigenvalue weighted by molar-refractivity contribution is 5.66. The van der Waals surface area contributed by atoms with Crippen molar-refractivity contribution in [1.82, 2.24) is 0 Å². The number of fused-ring (bicyclic) bond motifs is 1. The average Bonchev–Trinajstić information content (AvgIpc) is 2.20. The normalized spacial score (nSPS) is 43.6.